The van der Waals surface area contributed by atoms with Crippen molar-refractivity contribution in [3.8, 4) is 23.0 Å². The van der Waals surface area contributed by atoms with E-state index in [1.165, 1.54) is 31.2 Å². The molecule has 0 aliphatic heterocycles. The number of hydrogen-bond donors (Lipinski definition) is 2. The molecule has 3 heterocycles. The summed E-state index contributed by atoms with van der Waals surface area (Å²) in [6.07, 6.45) is 5.66. The highest BCUT2D eigenvalue weighted by molar-refractivity contribution is 6.30. The minimum Gasteiger partial charge on any atom is -0.384 e. The van der Waals surface area contributed by atoms with Gasteiger partial charge in [-0.3, -0.25) is 0 Å². The normalized spacial score (nSPS) is 18.2. The number of rotatable bonds is 8. The Labute approximate surface area is 237 Å². The SMILES string of the molecule is CC[C@H](Nc1nc2nc(-c3n[nH]c(=O)o3)nc(-c3cccc(Cl)c3)c2n1C[C@H]1CC[C@H](C)CC1)c1ccccc1. The Morgan fingerprint density at radius 3 is 2.58 bits per heavy atom. The highest BCUT2D eigenvalue weighted by Gasteiger charge is 2.26. The zero-order valence-corrected chi connectivity index (χ0v) is 23.4. The van der Waals surface area contributed by atoms with Crippen LogP contribution in [-0.4, -0.2) is 29.7 Å². The van der Waals surface area contributed by atoms with Crippen LogP contribution in [-0.2, 0) is 6.54 Å². The molecule has 10 heteroatoms. The fraction of sp³-hybridized carbons (Fsp3) is 0.367. The van der Waals surface area contributed by atoms with Crippen LogP contribution >= 0.6 is 11.6 Å². The van der Waals surface area contributed by atoms with Crippen LogP contribution in [0.1, 0.15) is 57.6 Å². The molecule has 9 nitrogen and oxygen atoms in total. The van der Waals surface area contributed by atoms with Gasteiger partial charge in [0.05, 0.1) is 6.04 Å². The van der Waals surface area contributed by atoms with Crippen molar-refractivity contribution in [1.82, 2.24) is 29.7 Å². The van der Waals surface area contributed by atoms with Crippen molar-refractivity contribution in [2.24, 2.45) is 11.8 Å². The summed E-state index contributed by atoms with van der Waals surface area (Å²) < 4.78 is 7.46. The summed E-state index contributed by atoms with van der Waals surface area (Å²) in [6, 6.07) is 18.0. The van der Waals surface area contributed by atoms with E-state index in [1.807, 2.05) is 30.3 Å². The first-order valence-electron chi connectivity index (χ1n) is 13.9. The number of nitrogens with one attached hydrogen (secondary N) is 2. The first-order valence-corrected chi connectivity index (χ1v) is 14.3. The molecule has 6 rings (SSSR count). The van der Waals surface area contributed by atoms with Crippen molar-refractivity contribution in [1.29, 1.82) is 0 Å². The van der Waals surface area contributed by atoms with Gasteiger partial charge in [0.25, 0.3) is 5.89 Å². The molecule has 1 atom stereocenters. The number of aromatic nitrogens is 6. The molecule has 0 radical (unpaired) electrons. The van der Waals surface area contributed by atoms with Crippen LogP contribution in [0.2, 0.25) is 5.02 Å². The van der Waals surface area contributed by atoms with Crippen molar-refractivity contribution >= 4 is 28.7 Å². The van der Waals surface area contributed by atoms with Crippen LogP contribution in [0.3, 0.4) is 0 Å². The molecule has 0 bridgehead atoms. The third-order valence-corrected chi connectivity index (χ3v) is 8.06. The summed E-state index contributed by atoms with van der Waals surface area (Å²) in [6.45, 7) is 5.29. The number of aromatic amines is 1. The summed E-state index contributed by atoms with van der Waals surface area (Å²) >= 11 is 6.42. The number of halogens is 1. The highest BCUT2D eigenvalue weighted by Crippen LogP contribution is 2.36. The van der Waals surface area contributed by atoms with Gasteiger partial charge in [0.1, 0.15) is 11.2 Å². The minimum absolute atomic E-state index is 0.0104. The summed E-state index contributed by atoms with van der Waals surface area (Å²) in [4.78, 5) is 26.3. The lowest BCUT2D eigenvalue weighted by atomic mass is 9.83. The summed E-state index contributed by atoms with van der Waals surface area (Å²) in [7, 11) is 0. The Balaban J connectivity index is 1.54. The van der Waals surface area contributed by atoms with Crippen LogP contribution in [0.15, 0.2) is 63.8 Å². The maximum absolute atomic E-state index is 11.7. The van der Waals surface area contributed by atoms with Gasteiger partial charge in [-0.1, -0.05) is 80.8 Å². The molecular formula is C30H32ClN7O2. The lowest BCUT2D eigenvalue weighted by molar-refractivity contribution is 0.267. The van der Waals surface area contributed by atoms with Crippen LogP contribution < -0.4 is 11.1 Å². The Morgan fingerprint density at radius 2 is 1.88 bits per heavy atom. The highest BCUT2D eigenvalue weighted by atomic mass is 35.5. The molecule has 40 heavy (non-hydrogen) atoms. The number of hydrogen-bond acceptors (Lipinski definition) is 7. The molecule has 0 unspecified atom stereocenters. The molecule has 1 saturated carbocycles. The molecule has 2 N–H and O–H groups in total. The smallest absolute Gasteiger partial charge is 0.384 e. The largest absolute Gasteiger partial charge is 0.434 e. The van der Waals surface area contributed by atoms with Gasteiger partial charge >= 0.3 is 5.76 Å². The monoisotopic (exact) mass is 557 g/mol. The van der Waals surface area contributed by atoms with E-state index < -0.39 is 5.76 Å². The Bertz CT molecular complexity index is 1670. The topological polar surface area (TPSA) is 115 Å². The van der Waals surface area contributed by atoms with E-state index in [2.05, 4.69) is 58.2 Å². The molecule has 1 aliphatic rings. The molecule has 3 aromatic heterocycles. The Hall–Kier alpha value is -3.98. The van der Waals surface area contributed by atoms with Crippen LogP contribution in [0, 0.1) is 11.8 Å². The minimum atomic E-state index is -0.670. The zero-order valence-electron chi connectivity index (χ0n) is 22.6. The lowest BCUT2D eigenvalue weighted by Crippen LogP contribution is -2.20. The zero-order chi connectivity index (χ0) is 27.6. The van der Waals surface area contributed by atoms with Gasteiger partial charge in [-0.25, -0.2) is 19.9 Å². The van der Waals surface area contributed by atoms with Gasteiger partial charge in [0.15, 0.2) is 5.65 Å². The van der Waals surface area contributed by atoms with Crippen molar-refractivity contribution in [3.05, 3.63) is 75.7 Å². The Kier molecular flexibility index (Phi) is 7.38. The first-order chi connectivity index (χ1) is 19.5. The van der Waals surface area contributed by atoms with E-state index in [0.29, 0.717) is 22.3 Å². The maximum atomic E-state index is 11.7. The quantitative estimate of drug-likeness (QED) is 0.214. The third-order valence-electron chi connectivity index (χ3n) is 7.82. The number of anilines is 1. The molecule has 0 spiro atoms. The molecule has 5 aromatic rings. The van der Waals surface area contributed by atoms with Gasteiger partial charge in [-0.2, -0.15) is 4.98 Å². The lowest BCUT2D eigenvalue weighted by Gasteiger charge is -2.28. The van der Waals surface area contributed by atoms with Crippen molar-refractivity contribution in [2.45, 2.75) is 58.5 Å². The number of benzene rings is 2. The summed E-state index contributed by atoms with van der Waals surface area (Å²) in [5, 5.41) is 10.6. The summed E-state index contributed by atoms with van der Waals surface area (Å²) in [5.41, 5.74) is 3.98. The van der Waals surface area contributed by atoms with Gasteiger partial charge in [0, 0.05) is 17.1 Å². The van der Waals surface area contributed by atoms with Gasteiger partial charge < -0.3 is 14.3 Å². The van der Waals surface area contributed by atoms with E-state index in [4.69, 9.17) is 31.0 Å². The predicted molar refractivity (Wildman–Crippen MR) is 156 cm³/mol. The second-order valence-corrected chi connectivity index (χ2v) is 11.1. The molecule has 0 saturated heterocycles. The van der Waals surface area contributed by atoms with Crippen molar-refractivity contribution < 1.29 is 4.42 Å². The average molecular weight is 558 g/mol. The molecule has 0 amide bonds. The first kappa shape index (κ1) is 26.3. The predicted octanol–water partition coefficient (Wildman–Crippen LogP) is 6.88. The number of nitrogens with zero attached hydrogens (tertiary/aromatic N) is 5. The van der Waals surface area contributed by atoms with Gasteiger partial charge in [-0.15, -0.1) is 5.10 Å². The number of H-pyrrole nitrogens is 1. The molecule has 2 aromatic carbocycles. The van der Waals surface area contributed by atoms with Crippen LogP contribution in [0.25, 0.3) is 34.1 Å². The second kappa shape index (κ2) is 11.3. The van der Waals surface area contributed by atoms with Crippen molar-refractivity contribution in [2.75, 3.05) is 5.32 Å². The van der Waals surface area contributed by atoms with Gasteiger partial charge in [0.2, 0.25) is 11.8 Å². The van der Waals surface area contributed by atoms with E-state index in [9.17, 15) is 4.79 Å². The van der Waals surface area contributed by atoms with E-state index >= 15 is 0 Å². The fourth-order valence-electron chi connectivity index (χ4n) is 5.61. The molecular weight excluding hydrogens is 526 g/mol. The third kappa shape index (κ3) is 5.38. The maximum Gasteiger partial charge on any atom is 0.434 e. The molecule has 1 aliphatic carbocycles. The fourth-order valence-corrected chi connectivity index (χ4v) is 5.80. The van der Waals surface area contributed by atoms with Gasteiger partial charge in [-0.05, 0) is 48.8 Å². The number of imidazole rings is 1. The van der Waals surface area contributed by atoms with Crippen LogP contribution in [0.4, 0.5) is 5.95 Å². The van der Waals surface area contributed by atoms with E-state index in [0.717, 1.165) is 35.9 Å². The van der Waals surface area contributed by atoms with Crippen molar-refractivity contribution in [3.63, 3.8) is 0 Å². The standard InChI is InChI=1S/C30H32ClN7O2/c1-3-23(20-8-5-4-6-9-20)32-29-35-26-25(38(29)17-19-14-12-18(2)13-15-19)24(21-10-7-11-22(31)16-21)33-27(34-26)28-36-37-30(39)40-28/h4-11,16,18-19,23H,3,12-15,17H2,1-2H3,(H,37,39)(H,32,33,34,35)/t18-,19-,23-/m0/s1. The molecule has 206 valence electrons. The van der Waals surface area contributed by atoms with Crippen LogP contribution in [0.5, 0.6) is 0 Å². The van der Waals surface area contributed by atoms with E-state index in [1.54, 1.807) is 0 Å². The Morgan fingerprint density at radius 1 is 1.07 bits per heavy atom. The molecule has 1 fully saturated rings. The number of fused-ring (bicyclic) bond motifs is 1. The second-order valence-electron chi connectivity index (χ2n) is 10.7. The van der Waals surface area contributed by atoms with E-state index in [-0.39, 0.29) is 17.8 Å². The summed E-state index contributed by atoms with van der Waals surface area (Å²) in [5.74, 6) is 1.53. The average Bonchev–Trinajstić information content (AvgIpc) is 3.56.